The molecule has 0 aliphatic rings. The third kappa shape index (κ3) is 5.82. The SMILES string of the molecule is Cc1ccc(O[C@@H](C)C(=O)Nc2cccc(C(=O)c3ccc(C(C)(C)C)cc3)c2)cc1. The quantitative estimate of drug-likeness (QED) is 0.508. The Morgan fingerprint density at radius 3 is 2.13 bits per heavy atom. The van der Waals surface area contributed by atoms with Crippen LogP contribution in [0.5, 0.6) is 5.75 Å². The molecule has 3 aromatic carbocycles. The van der Waals surface area contributed by atoms with Crippen molar-refractivity contribution in [3.63, 3.8) is 0 Å². The van der Waals surface area contributed by atoms with Crippen molar-refractivity contribution in [1.29, 1.82) is 0 Å². The number of aryl methyl sites for hydroxylation is 1. The highest BCUT2D eigenvalue weighted by atomic mass is 16.5. The summed E-state index contributed by atoms with van der Waals surface area (Å²) in [7, 11) is 0. The van der Waals surface area contributed by atoms with Crippen LogP contribution in [0.25, 0.3) is 0 Å². The first-order valence-electron chi connectivity index (χ1n) is 10.4. The van der Waals surface area contributed by atoms with Crippen LogP contribution in [0.4, 0.5) is 5.69 Å². The summed E-state index contributed by atoms with van der Waals surface area (Å²) < 4.78 is 5.71. The molecule has 0 fully saturated rings. The highest BCUT2D eigenvalue weighted by molar-refractivity contribution is 6.09. The number of carbonyl (C=O) groups is 2. The molecule has 3 aromatic rings. The van der Waals surface area contributed by atoms with Gasteiger partial charge >= 0.3 is 0 Å². The summed E-state index contributed by atoms with van der Waals surface area (Å²) in [6, 6.07) is 22.2. The predicted octanol–water partition coefficient (Wildman–Crippen LogP) is 5.93. The van der Waals surface area contributed by atoms with Gasteiger partial charge in [0, 0.05) is 16.8 Å². The van der Waals surface area contributed by atoms with Crippen molar-refractivity contribution in [3.8, 4) is 5.75 Å². The first-order valence-corrected chi connectivity index (χ1v) is 10.4. The lowest BCUT2D eigenvalue weighted by atomic mass is 9.86. The molecular formula is C27H29NO3. The molecule has 4 heteroatoms. The largest absolute Gasteiger partial charge is 0.481 e. The maximum atomic E-state index is 12.9. The molecule has 0 aromatic heterocycles. The van der Waals surface area contributed by atoms with E-state index in [-0.39, 0.29) is 17.1 Å². The molecule has 4 nitrogen and oxygen atoms in total. The number of hydrogen-bond donors (Lipinski definition) is 1. The summed E-state index contributed by atoms with van der Waals surface area (Å²) in [6.45, 7) is 10.1. The lowest BCUT2D eigenvalue weighted by Crippen LogP contribution is -2.30. The number of nitrogens with one attached hydrogen (secondary N) is 1. The van der Waals surface area contributed by atoms with Crippen LogP contribution in [0.15, 0.2) is 72.8 Å². The lowest BCUT2D eigenvalue weighted by Gasteiger charge is -2.19. The standard InChI is InChI=1S/C27H29NO3/c1-18-9-15-24(16-10-18)31-19(2)26(30)28-23-8-6-7-21(17-23)25(29)20-11-13-22(14-12-20)27(3,4)5/h6-17,19H,1-5H3,(H,28,30)/t19-/m0/s1. The van der Waals surface area contributed by atoms with Crippen molar-refractivity contribution < 1.29 is 14.3 Å². The van der Waals surface area contributed by atoms with E-state index in [1.54, 1.807) is 31.2 Å². The van der Waals surface area contributed by atoms with Crippen molar-refractivity contribution in [1.82, 2.24) is 0 Å². The summed E-state index contributed by atoms with van der Waals surface area (Å²) in [5, 5.41) is 2.83. The van der Waals surface area contributed by atoms with Gasteiger partial charge < -0.3 is 10.1 Å². The summed E-state index contributed by atoms with van der Waals surface area (Å²) in [5.74, 6) is 0.274. The minimum Gasteiger partial charge on any atom is -0.481 e. The maximum Gasteiger partial charge on any atom is 0.265 e. The summed E-state index contributed by atoms with van der Waals surface area (Å²) in [4.78, 5) is 25.5. The van der Waals surface area contributed by atoms with E-state index in [1.807, 2.05) is 55.5 Å². The van der Waals surface area contributed by atoms with E-state index < -0.39 is 6.10 Å². The van der Waals surface area contributed by atoms with Crippen LogP contribution in [0, 0.1) is 6.92 Å². The molecule has 0 bridgehead atoms. The molecular weight excluding hydrogens is 386 g/mol. The highest BCUT2D eigenvalue weighted by Crippen LogP contribution is 2.23. The normalized spacial score (nSPS) is 12.2. The van der Waals surface area contributed by atoms with Crippen LogP contribution in [-0.4, -0.2) is 17.8 Å². The van der Waals surface area contributed by atoms with Crippen molar-refractivity contribution >= 4 is 17.4 Å². The average Bonchev–Trinajstić information content (AvgIpc) is 2.74. The zero-order valence-corrected chi connectivity index (χ0v) is 18.7. The number of carbonyl (C=O) groups excluding carboxylic acids is 2. The van der Waals surface area contributed by atoms with E-state index in [2.05, 4.69) is 26.1 Å². The van der Waals surface area contributed by atoms with Crippen molar-refractivity contribution in [2.75, 3.05) is 5.32 Å². The van der Waals surface area contributed by atoms with Crippen LogP contribution in [0.3, 0.4) is 0 Å². The predicted molar refractivity (Wildman–Crippen MR) is 125 cm³/mol. The second-order valence-corrected chi connectivity index (χ2v) is 8.80. The van der Waals surface area contributed by atoms with E-state index in [0.29, 0.717) is 22.6 Å². The van der Waals surface area contributed by atoms with Gasteiger partial charge in [0.2, 0.25) is 0 Å². The van der Waals surface area contributed by atoms with Crippen LogP contribution in [0.2, 0.25) is 0 Å². The molecule has 0 unspecified atom stereocenters. The molecule has 0 saturated carbocycles. The van der Waals surface area contributed by atoms with Crippen molar-refractivity contribution in [2.24, 2.45) is 0 Å². The smallest absolute Gasteiger partial charge is 0.265 e. The Morgan fingerprint density at radius 1 is 0.871 bits per heavy atom. The summed E-state index contributed by atoms with van der Waals surface area (Å²) >= 11 is 0. The van der Waals surface area contributed by atoms with Gasteiger partial charge in [-0.05, 0) is 49.1 Å². The molecule has 0 saturated heterocycles. The minimum absolute atomic E-state index is 0.0309. The highest BCUT2D eigenvalue weighted by Gasteiger charge is 2.17. The third-order valence-corrected chi connectivity index (χ3v) is 5.11. The number of ketones is 1. The fraction of sp³-hybridized carbons (Fsp3) is 0.259. The molecule has 0 heterocycles. The van der Waals surface area contributed by atoms with Gasteiger partial charge in [-0.2, -0.15) is 0 Å². The van der Waals surface area contributed by atoms with Gasteiger partial charge in [0.05, 0.1) is 0 Å². The molecule has 1 amide bonds. The van der Waals surface area contributed by atoms with E-state index in [4.69, 9.17) is 4.74 Å². The van der Waals surface area contributed by atoms with Gasteiger partial charge in [0.15, 0.2) is 11.9 Å². The summed E-state index contributed by atoms with van der Waals surface area (Å²) in [6.07, 6.45) is -0.674. The molecule has 0 spiro atoms. The first kappa shape index (κ1) is 22.3. The van der Waals surface area contributed by atoms with Gasteiger partial charge in [0.1, 0.15) is 5.75 Å². The monoisotopic (exact) mass is 415 g/mol. The van der Waals surface area contributed by atoms with E-state index in [0.717, 1.165) is 5.56 Å². The fourth-order valence-electron chi connectivity index (χ4n) is 3.14. The van der Waals surface area contributed by atoms with Crippen molar-refractivity contribution in [2.45, 2.75) is 46.1 Å². The van der Waals surface area contributed by atoms with Crippen LogP contribution in [-0.2, 0) is 10.2 Å². The Balaban J connectivity index is 1.68. The van der Waals surface area contributed by atoms with Gasteiger partial charge in [-0.15, -0.1) is 0 Å². The fourth-order valence-corrected chi connectivity index (χ4v) is 3.14. The van der Waals surface area contributed by atoms with Crippen LogP contribution in [0.1, 0.15) is 54.7 Å². The number of hydrogen-bond acceptors (Lipinski definition) is 3. The minimum atomic E-state index is -0.674. The number of anilines is 1. The second-order valence-electron chi connectivity index (χ2n) is 8.80. The zero-order chi connectivity index (χ0) is 22.6. The van der Waals surface area contributed by atoms with Gasteiger partial charge in [0.25, 0.3) is 5.91 Å². The topological polar surface area (TPSA) is 55.4 Å². The Bertz CT molecular complexity index is 1060. The molecule has 3 rings (SSSR count). The molecule has 160 valence electrons. The Labute approximate surface area is 184 Å². The Hall–Kier alpha value is -3.40. The molecule has 0 radical (unpaired) electrons. The van der Waals surface area contributed by atoms with E-state index in [1.165, 1.54) is 5.56 Å². The lowest BCUT2D eigenvalue weighted by molar-refractivity contribution is -0.122. The van der Waals surface area contributed by atoms with Gasteiger partial charge in [-0.3, -0.25) is 9.59 Å². The third-order valence-electron chi connectivity index (χ3n) is 5.11. The second kappa shape index (κ2) is 9.17. The Kier molecular flexibility index (Phi) is 6.59. The number of amides is 1. The average molecular weight is 416 g/mol. The van der Waals surface area contributed by atoms with Gasteiger partial charge in [-0.1, -0.05) is 74.9 Å². The van der Waals surface area contributed by atoms with E-state index >= 15 is 0 Å². The number of rotatable bonds is 6. The molecule has 0 aliphatic heterocycles. The zero-order valence-electron chi connectivity index (χ0n) is 18.7. The number of benzene rings is 3. The Morgan fingerprint density at radius 2 is 1.52 bits per heavy atom. The molecule has 1 atom stereocenters. The molecule has 0 aliphatic carbocycles. The van der Waals surface area contributed by atoms with Crippen LogP contribution >= 0.6 is 0 Å². The van der Waals surface area contributed by atoms with Crippen molar-refractivity contribution in [3.05, 3.63) is 95.1 Å². The first-order chi connectivity index (χ1) is 14.6. The van der Waals surface area contributed by atoms with Gasteiger partial charge in [-0.25, -0.2) is 0 Å². The number of ether oxygens (including phenoxy) is 1. The van der Waals surface area contributed by atoms with E-state index in [9.17, 15) is 9.59 Å². The summed E-state index contributed by atoms with van der Waals surface area (Å²) in [5.41, 5.74) is 4.03. The molecule has 31 heavy (non-hydrogen) atoms. The maximum absolute atomic E-state index is 12.9. The van der Waals surface area contributed by atoms with Crippen LogP contribution < -0.4 is 10.1 Å². The molecule has 1 N–H and O–H groups in total.